The average Bonchev–Trinajstić information content (AvgIpc) is 2.58. The van der Waals surface area contributed by atoms with E-state index in [0.29, 0.717) is 5.75 Å². The predicted molar refractivity (Wildman–Crippen MR) is 97.3 cm³/mol. The van der Waals surface area contributed by atoms with Gasteiger partial charge in [0, 0.05) is 13.2 Å². The van der Waals surface area contributed by atoms with Crippen LogP contribution in [0.15, 0.2) is 24.5 Å². The number of anilines is 1. The first-order chi connectivity index (χ1) is 12.3. The first-order valence-corrected chi connectivity index (χ1v) is 9.34. The van der Waals surface area contributed by atoms with Crippen LogP contribution in [0.4, 0.5) is 5.82 Å². The van der Waals surface area contributed by atoms with Crippen LogP contribution < -0.4 is 18.9 Å². The van der Waals surface area contributed by atoms with Crippen LogP contribution in [0.1, 0.15) is 6.92 Å². The smallest absolute Gasteiger partial charge is 0.302 e. The Hall–Kier alpha value is -1.85. The van der Waals surface area contributed by atoms with Crippen LogP contribution in [-0.4, -0.2) is 38.8 Å². The third kappa shape index (κ3) is 5.32. The molecule has 0 saturated carbocycles. The van der Waals surface area contributed by atoms with E-state index >= 15 is 0 Å². The number of nitrogens with one attached hydrogen (secondary N) is 2. The van der Waals surface area contributed by atoms with E-state index in [4.69, 9.17) is 37.4 Å². The Morgan fingerprint density at radius 3 is 2.58 bits per heavy atom. The third-order valence-electron chi connectivity index (χ3n) is 3.02. The standard InChI is InChI=1S/C14H16Cl2N4O5S/c1-8(23-2)19-26(21,22)20-14-12(13(16)17-7-18-14)25-11-6-9(24-3)4-5-10(11)15/h4-8,19H,1-3H3,(H,17,18,20). The van der Waals surface area contributed by atoms with Crippen LogP contribution in [0, 0.1) is 0 Å². The number of halogens is 2. The van der Waals surface area contributed by atoms with Crippen LogP contribution in [-0.2, 0) is 14.9 Å². The number of methoxy groups -OCH3 is 2. The Balaban J connectivity index is 2.36. The number of hydrogen-bond acceptors (Lipinski definition) is 7. The molecule has 142 valence electrons. The number of nitrogens with zero attached hydrogens (tertiary/aromatic N) is 2. The highest BCUT2D eigenvalue weighted by Gasteiger charge is 2.21. The van der Waals surface area contributed by atoms with E-state index < -0.39 is 16.4 Å². The summed E-state index contributed by atoms with van der Waals surface area (Å²) in [6.45, 7) is 1.51. The molecular weight excluding hydrogens is 407 g/mol. The van der Waals surface area contributed by atoms with Gasteiger partial charge in [-0.05, 0) is 19.1 Å². The van der Waals surface area contributed by atoms with Gasteiger partial charge in [-0.1, -0.05) is 23.2 Å². The van der Waals surface area contributed by atoms with Gasteiger partial charge in [-0.3, -0.25) is 4.72 Å². The molecule has 0 aliphatic heterocycles. The number of benzene rings is 1. The average molecular weight is 423 g/mol. The molecule has 1 unspecified atom stereocenters. The van der Waals surface area contributed by atoms with Crippen LogP contribution in [0.2, 0.25) is 10.2 Å². The topological polar surface area (TPSA) is 112 Å². The number of ether oxygens (including phenoxy) is 3. The highest BCUT2D eigenvalue weighted by atomic mass is 35.5. The fourth-order valence-electron chi connectivity index (χ4n) is 1.74. The zero-order chi connectivity index (χ0) is 19.3. The molecule has 0 radical (unpaired) electrons. The van der Waals surface area contributed by atoms with Crippen molar-refractivity contribution in [2.75, 3.05) is 18.9 Å². The molecule has 2 N–H and O–H groups in total. The van der Waals surface area contributed by atoms with Gasteiger partial charge in [-0.15, -0.1) is 0 Å². The van der Waals surface area contributed by atoms with Gasteiger partial charge in [-0.25, -0.2) is 9.97 Å². The molecule has 1 atom stereocenters. The van der Waals surface area contributed by atoms with Gasteiger partial charge in [0.1, 0.15) is 24.1 Å². The van der Waals surface area contributed by atoms with Crippen molar-refractivity contribution in [1.82, 2.24) is 14.7 Å². The second-order valence-corrected chi connectivity index (χ2v) is 7.05. The fourth-order valence-corrected chi connectivity index (χ4v) is 3.06. The second-order valence-electron chi connectivity index (χ2n) is 4.84. The molecule has 2 rings (SSSR count). The van der Waals surface area contributed by atoms with Gasteiger partial charge in [0.2, 0.25) is 5.75 Å². The molecule has 12 heteroatoms. The summed E-state index contributed by atoms with van der Waals surface area (Å²) in [5.74, 6) is 0.357. The quantitative estimate of drug-likeness (QED) is 0.496. The summed E-state index contributed by atoms with van der Waals surface area (Å²) >= 11 is 12.1. The molecule has 0 spiro atoms. The number of rotatable bonds is 8. The first-order valence-electron chi connectivity index (χ1n) is 7.10. The largest absolute Gasteiger partial charge is 0.497 e. The Bertz CT molecular complexity index is 882. The third-order valence-corrected chi connectivity index (χ3v) is 4.70. The van der Waals surface area contributed by atoms with Crippen LogP contribution in [0.5, 0.6) is 17.2 Å². The summed E-state index contributed by atoms with van der Waals surface area (Å²) < 4.78 is 44.3. The van der Waals surface area contributed by atoms with Crippen molar-refractivity contribution >= 4 is 39.2 Å². The van der Waals surface area contributed by atoms with E-state index in [-0.39, 0.29) is 27.5 Å². The first kappa shape index (κ1) is 20.5. The van der Waals surface area contributed by atoms with E-state index in [1.165, 1.54) is 27.2 Å². The van der Waals surface area contributed by atoms with Crippen LogP contribution in [0.25, 0.3) is 0 Å². The minimum absolute atomic E-state index is 0.114. The molecule has 0 fully saturated rings. The normalized spacial score (nSPS) is 12.5. The molecule has 9 nitrogen and oxygen atoms in total. The van der Waals surface area contributed by atoms with Crippen LogP contribution >= 0.6 is 23.2 Å². The molecular formula is C14H16Cl2N4O5S. The molecule has 0 amide bonds. The van der Waals surface area contributed by atoms with E-state index in [9.17, 15) is 8.42 Å². The van der Waals surface area contributed by atoms with E-state index in [0.717, 1.165) is 6.33 Å². The minimum Gasteiger partial charge on any atom is -0.497 e. The van der Waals surface area contributed by atoms with Gasteiger partial charge in [0.15, 0.2) is 11.0 Å². The monoisotopic (exact) mass is 422 g/mol. The van der Waals surface area contributed by atoms with Crippen molar-refractivity contribution in [1.29, 1.82) is 0 Å². The lowest BCUT2D eigenvalue weighted by atomic mass is 10.3. The van der Waals surface area contributed by atoms with Crippen molar-refractivity contribution in [2.45, 2.75) is 13.2 Å². The van der Waals surface area contributed by atoms with Crippen molar-refractivity contribution < 1.29 is 22.6 Å². The number of hydrogen-bond donors (Lipinski definition) is 2. The zero-order valence-corrected chi connectivity index (χ0v) is 16.3. The maximum Gasteiger partial charge on any atom is 0.302 e. The summed E-state index contributed by atoms with van der Waals surface area (Å²) in [7, 11) is -1.18. The van der Waals surface area contributed by atoms with Gasteiger partial charge in [0.25, 0.3) is 0 Å². The lowest BCUT2D eigenvalue weighted by Crippen LogP contribution is -2.38. The zero-order valence-electron chi connectivity index (χ0n) is 14.0. The molecule has 1 heterocycles. The van der Waals surface area contributed by atoms with Crippen molar-refractivity contribution in [3.8, 4) is 17.2 Å². The van der Waals surface area contributed by atoms with Crippen molar-refractivity contribution in [3.05, 3.63) is 34.7 Å². The predicted octanol–water partition coefficient (Wildman–Crippen LogP) is 2.82. The van der Waals surface area contributed by atoms with Gasteiger partial charge in [0.05, 0.1) is 12.1 Å². The van der Waals surface area contributed by atoms with Gasteiger partial charge >= 0.3 is 10.2 Å². The van der Waals surface area contributed by atoms with E-state index in [1.54, 1.807) is 12.1 Å². The van der Waals surface area contributed by atoms with Crippen LogP contribution in [0.3, 0.4) is 0 Å². The Morgan fingerprint density at radius 1 is 1.19 bits per heavy atom. The fraction of sp³-hybridized carbons (Fsp3) is 0.286. The van der Waals surface area contributed by atoms with E-state index in [1.807, 2.05) is 0 Å². The summed E-state index contributed by atoms with van der Waals surface area (Å²) in [5.41, 5.74) is 0. The lowest BCUT2D eigenvalue weighted by molar-refractivity contribution is 0.110. The number of aromatic nitrogens is 2. The maximum atomic E-state index is 12.1. The van der Waals surface area contributed by atoms with E-state index in [2.05, 4.69) is 19.4 Å². The molecule has 26 heavy (non-hydrogen) atoms. The maximum absolute atomic E-state index is 12.1. The molecule has 1 aromatic carbocycles. The Labute approximate surface area is 160 Å². The molecule has 0 aliphatic carbocycles. The molecule has 0 aliphatic rings. The molecule has 0 saturated heterocycles. The SMILES string of the molecule is COc1ccc(Cl)c(Oc2c(Cl)ncnc2NS(=O)(=O)NC(C)OC)c1. The molecule has 0 bridgehead atoms. The molecule has 2 aromatic rings. The highest BCUT2D eigenvalue weighted by Crippen LogP contribution is 2.38. The van der Waals surface area contributed by atoms with Crippen molar-refractivity contribution in [3.63, 3.8) is 0 Å². The lowest BCUT2D eigenvalue weighted by Gasteiger charge is -2.16. The van der Waals surface area contributed by atoms with Crippen molar-refractivity contribution in [2.24, 2.45) is 0 Å². The molecule has 1 aromatic heterocycles. The Morgan fingerprint density at radius 2 is 1.92 bits per heavy atom. The van der Waals surface area contributed by atoms with Gasteiger partial charge < -0.3 is 14.2 Å². The summed E-state index contributed by atoms with van der Waals surface area (Å²) in [6.07, 6.45) is 0.321. The minimum atomic E-state index is -4.01. The van der Waals surface area contributed by atoms with Gasteiger partial charge in [-0.2, -0.15) is 13.1 Å². The Kier molecular flexibility index (Phi) is 6.84. The second kappa shape index (κ2) is 8.69. The summed E-state index contributed by atoms with van der Waals surface area (Å²) in [5, 5.41) is 0.141. The summed E-state index contributed by atoms with van der Waals surface area (Å²) in [4.78, 5) is 7.65. The summed E-state index contributed by atoms with van der Waals surface area (Å²) in [6, 6.07) is 4.70. The highest BCUT2D eigenvalue weighted by molar-refractivity contribution is 7.90.